The fourth-order valence-corrected chi connectivity index (χ4v) is 11.7. The average Bonchev–Trinajstić information content (AvgIpc) is 4.09. The number of aromatic nitrogens is 8. The largest absolute Gasteiger partial charge is 0.494 e. The highest BCUT2D eigenvalue weighted by atomic mass is 32.1. The Labute approximate surface area is 364 Å². The normalized spacial score (nSPS) is 15.9. The minimum atomic E-state index is -0.733. The van der Waals surface area contributed by atoms with Crippen LogP contribution in [0.1, 0.15) is 40.6 Å². The first-order chi connectivity index (χ1) is 29.8. The predicted molar refractivity (Wildman–Crippen MR) is 237 cm³/mol. The summed E-state index contributed by atoms with van der Waals surface area (Å²) in [4.78, 5) is 48.1. The summed E-state index contributed by atoms with van der Waals surface area (Å²) in [5.41, 5.74) is 5.52. The van der Waals surface area contributed by atoms with Crippen LogP contribution in [-0.2, 0) is 35.3 Å². The highest BCUT2D eigenvalue weighted by Crippen LogP contribution is 2.44. The zero-order valence-electron chi connectivity index (χ0n) is 33.2. The van der Waals surface area contributed by atoms with Gasteiger partial charge in [0, 0.05) is 40.9 Å². The van der Waals surface area contributed by atoms with Crippen molar-refractivity contribution in [3.8, 4) is 11.5 Å². The molecular weight excluding hydrogens is 859 g/mol. The summed E-state index contributed by atoms with van der Waals surface area (Å²) in [6, 6.07) is 7.64. The van der Waals surface area contributed by atoms with Gasteiger partial charge in [-0.2, -0.15) is 0 Å². The van der Waals surface area contributed by atoms with E-state index < -0.39 is 5.97 Å². The minimum Gasteiger partial charge on any atom is -0.494 e. The lowest BCUT2D eigenvalue weighted by molar-refractivity contribution is -0.142. The van der Waals surface area contributed by atoms with Crippen LogP contribution < -0.4 is 20.1 Å². The van der Waals surface area contributed by atoms with E-state index in [0.29, 0.717) is 56.1 Å². The van der Waals surface area contributed by atoms with Crippen LogP contribution in [-0.4, -0.2) is 100 Å². The second kappa shape index (κ2) is 17.3. The number of benzene rings is 2. The van der Waals surface area contributed by atoms with E-state index in [9.17, 15) is 19.8 Å². The first-order valence-corrected chi connectivity index (χ1v) is 22.7. The van der Waals surface area contributed by atoms with Gasteiger partial charge in [-0.25, -0.2) is 19.9 Å². The molecule has 21 heteroatoms. The minimum absolute atomic E-state index is 0.0160. The lowest BCUT2D eigenvalue weighted by Crippen LogP contribution is -2.39. The zero-order valence-corrected chi connectivity index (χ0v) is 36.4. The van der Waals surface area contributed by atoms with E-state index >= 15 is 0 Å². The first kappa shape index (κ1) is 40.7. The number of nitrogens with one attached hydrogen (secondary N) is 2. The van der Waals surface area contributed by atoms with Gasteiger partial charge in [0.15, 0.2) is 0 Å². The van der Waals surface area contributed by atoms with Crippen molar-refractivity contribution in [3.05, 3.63) is 57.8 Å². The number of aliphatic hydroxyl groups excluding tert-OH is 1. The molecule has 2 aliphatic rings. The van der Waals surface area contributed by atoms with Crippen LogP contribution in [0.5, 0.6) is 11.5 Å². The Morgan fingerprint density at radius 1 is 0.770 bits per heavy atom. The van der Waals surface area contributed by atoms with Gasteiger partial charge in [0.1, 0.15) is 56.5 Å². The lowest BCUT2D eigenvalue weighted by atomic mass is 9.87. The fraction of sp³-hybridized carbons (Fsp3) is 0.350. The quantitative estimate of drug-likeness (QED) is 0.102. The summed E-state index contributed by atoms with van der Waals surface area (Å²) in [6.07, 6.45) is 7.24. The van der Waals surface area contributed by atoms with Crippen LogP contribution in [0.3, 0.4) is 0 Å². The number of nitrogens with zero attached hydrogens (tertiary/aromatic N) is 9. The number of aryl methyl sites for hydroxylation is 2. The highest BCUT2D eigenvalue weighted by molar-refractivity contribution is 7.19. The Hall–Kier alpha value is -5.74. The van der Waals surface area contributed by atoms with Gasteiger partial charge in [0.05, 0.1) is 58.3 Å². The highest BCUT2D eigenvalue weighted by Gasteiger charge is 2.32. The van der Waals surface area contributed by atoms with Crippen molar-refractivity contribution in [1.82, 2.24) is 44.0 Å². The number of amides is 1. The number of rotatable bonds is 11. The summed E-state index contributed by atoms with van der Waals surface area (Å²) in [5, 5.41) is 35.6. The number of anilines is 4. The van der Waals surface area contributed by atoms with E-state index in [2.05, 4.69) is 49.7 Å². The topological polar surface area (TPSA) is 223 Å². The number of likely N-dealkylation sites (N-methyl/N-ethyl adjacent to an activating group) is 1. The molecular formula is C40H39N11O6S4. The second-order valence-corrected chi connectivity index (χ2v) is 18.2. The first-order valence-electron chi connectivity index (χ1n) is 19.5. The number of hydrogen-bond acceptors (Lipinski definition) is 19. The number of carbonyl (C=O) groups excluding carboxylic acids is 1. The van der Waals surface area contributed by atoms with E-state index in [0.717, 1.165) is 81.3 Å². The zero-order chi connectivity index (χ0) is 42.2. The van der Waals surface area contributed by atoms with Crippen molar-refractivity contribution >= 4 is 121 Å². The summed E-state index contributed by atoms with van der Waals surface area (Å²) in [5.74, 6) is 1.74. The molecule has 0 bridgehead atoms. The van der Waals surface area contributed by atoms with E-state index in [1.165, 1.54) is 39.8 Å². The van der Waals surface area contributed by atoms with Gasteiger partial charge in [0.2, 0.25) is 5.91 Å². The van der Waals surface area contributed by atoms with Crippen molar-refractivity contribution in [3.63, 3.8) is 0 Å². The third kappa shape index (κ3) is 7.87. The molecule has 8 aromatic rings. The molecule has 6 heterocycles. The molecule has 0 unspecified atom stereocenters. The van der Waals surface area contributed by atoms with E-state index in [4.69, 9.17) is 9.47 Å². The molecule has 0 saturated carbocycles. The van der Waals surface area contributed by atoms with E-state index in [1.54, 1.807) is 48.1 Å². The van der Waals surface area contributed by atoms with Gasteiger partial charge in [0.25, 0.3) is 0 Å². The molecule has 314 valence electrons. The molecule has 0 spiro atoms. The number of carbonyl (C=O) groups is 2. The van der Waals surface area contributed by atoms with Crippen molar-refractivity contribution in [1.29, 1.82) is 0 Å². The second-order valence-electron chi connectivity index (χ2n) is 14.5. The maximum absolute atomic E-state index is 13.0. The van der Waals surface area contributed by atoms with E-state index in [-0.39, 0.29) is 24.3 Å². The van der Waals surface area contributed by atoms with Gasteiger partial charge in [-0.05, 0) is 91.8 Å². The Bertz CT molecular complexity index is 2930. The Kier molecular flexibility index (Phi) is 11.5. The third-order valence-corrected chi connectivity index (χ3v) is 14.8. The van der Waals surface area contributed by atoms with E-state index in [1.807, 2.05) is 31.2 Å². The van der Waals surface area contributed by atoms with Crippen LogP contribution in [0.4, 0.5) is 23.0 Å². The molecule has 1 amide bonds. The average molecular weight is 898 g/mol. The van der Waals surface area contributed by atoms with Crippen molar-refractivity contribution in [2.24, 2.45) is 11.8 Å². The number of aliphatic carboxylic acids is 1. The van der Waals surface area contributed by atoms with Crippen LogP contribution >= 0.6 is 45.7 Å². The summed E-state index contributed by atoms with van der Waals surface area (Å²) >= 11 is 5.84. The monoisotopic (exact) mass is 897 g/mol. The molecule has 0 radical (unpaired) electrons. The molecule has 0 saturated heterocycles. The molecule has 0 fully saturated rings. The van der Waals surface area contributed by atoms with Crippen molar-refractivity contribution < 1.29 is 29.3 Å². The van der Waals surface area contributed by atoms with Gasteiger partial charge in [-0.1, -0.05) is 8.98 Å². The molecule has 61 heavy (non-hydrogen) atoms. The van der Waals surface area contributed by atoms with Crippen LogP contribution in [0.25, 0.3) is 40.9 Å². The smallest absolute Gasteiger partial charge is 0.306 e. The SMILES string of the molecule is CCN(CCO)C(=O)[C@H]1CCc2c(sc3ncnc(Nc4cc5snnc5cc4OC)c23)C1.COc1cc2nnsc2cc1Nc1ncnc2sc3c(c12)CC[C@H](C(=O)O)C3. The maximum atomic E-state index is 13.0. The molecule has 2 aliphatic carbocycles. The molecule has 2 atom stereocenters. The van der Waals surface area contributed by atoms with Crippen molar-refractivity contribution in [2.45, 2.75) is 45.4 Å². The van der Waals surface area contributed by atoms with Gasteiger partial charge < -0.3 is 35.2 Å². The molecule has 10 rings (SSSR count). The number of aliphatic hydroxyl groups is 1. The summed E-state index contributed by atoms with van der Waals surface area (Å²) < 4.78 is 21.0. The molecule has 0 aliphatic heterocycles. The number of fused-ring (bicyclic) bond motifs is 8. The van der Waals surface area contributed by atoms with Gasteiger partial charge in [-0.3, -0.25) is 9.59 Å². The fourth-order valence-electron chi connectivity index (χ4n) is 8.04. The molecule has 2 aromatic carbocycles. The number of carboxylic acids is 1. The Morgan fingerprint density at radius 3 is 1.75 bits per heavy atom. The molecule has 17 nitrogen and oxygen atoms in total. The van der Waals surface area contributed by atoms with Gasteiger partial charge in [-0.15, -0.1) is 32.9 Å². The standard InChI is InChI=1S/C22H24N6O3S2.C18H15N5O3S2/c1-3-28(6-7-29)22(30)12-4-5-13-17(8-12)32-21-19(13)20(23-11-24-21)25-14-10-18-15(26-27-33-18)9-16(14)31-2;1-26-12-5-11-14(28-23-22-11)6-10(12)21-16-15-9-3-2-8(18(24)25)4-13(9)27-17(15)20-7-19-16/h9-12,29H,3-8H2,1-2H3,(H,23,24,25);5-8H,2-4H2,1H3,(H,24,25)(H,19,20,21)/t12-;8-/m00/s1. The number of methoxy groups -OCH3 is 2. The lowest BCUT2D eigenvalue weighted by Gasteiger charge is -2.28. The number of hydrogen-bond donors (Lipinski definition) is 4. The third-order valence-electron chi connectivity index (χ3n) is 11.1. The van der Waals surface area contributed by atoms with Crippen LogP contribution in [0.15, 0.2) is 36.9 Å². The van der Waals surface area contributed by atoms with Crippen LogP contribution in [0.2, 0.25) is 0 Å². The predicted octanol–water partition coefficient (Wildman–Crippen LogP) is 7.03. The Balaban J connectivity index is 0.000000158. The van der Waals surface area contributed by atoms with Crippen LogP contribution in [0, 0.1) is 11.8 Å². The Morgan fingerprint density at radius 2 is 1.28 bits per heavy atom. The number of ether oxygens (including phenoxy) is 2. The number of carboxylic acid groups (broad SMARTS) is 1. The van der Waals surface area contributed by atoms with Gasteiger partial charge >= 0.3 is 5.97 Å². The summed E-state index contributed by atoms with van der Waals surface area (Å²) in [6.45, 7) is 2.92. The van der Waals surface area contributed by atoms with Crippen molar-refractivity contribution in [2.75, 3.05) is 44.5 Å². The molecule has 6 aromatic heterocycles. The molecule has 4 N–H and O–H groups in total. The number of thiophene rings is 2. The maximum Gasteiger partial charge on any atom is 0.306 e. The summed E-state index contributed by atoms with van der Waals surface area (Å²) in [7, 11) is 3.24.